The van der Waals surface area contributed by atoms with E-state index in [1.165, 1.54) is 45.4 Å². The molecule has 1 atom stereocenters. The Labute approximate surface area is 166 Å². The quantitative estimate of drug-likeness (QED) is 0.209. The molecule has 0 bridgehead atoms. The molecule has 7 nitrogen and oxygen atoms in total. The zero-order chi connectivity index (χ0) is 21.1. The summed E-state index contributed by atoms with van der Waals surface area (Å²) < 4.78 is 40.3. The monoisotopic (exact) mass is 417 g/mol. The second kappa shape index (κ2) is 11.8. The molecule has 0 saturated carbocycles. The van der Waals surface area contributed by atoms with Gasteiger partial charge in [0.2, 0.25) is 0 Å². The summed E-state index contributed by atoms with van der Waals surface area (Å²) >= 11 is 5.79. The lowest BCUT2D eigenvalue weighted by atomic mass is 10.3. The summed E-state index contributed by atoms with van der Waals surface area (Å²) in [5.74, 6) is -0.470. The van der Waals surface area contributed by atoms with Crippen LogP contribution >= 0.6 is 11.6 Å². The van der Waals surface area contributed by atoms with Gasteiger partial charge in [-0.15, -0.1) is 11.6 Å². The van der Waals surface area contributed by atoms with Crippen LogP contribution in [0, 0.1) is 11.6 Å². The normalized spacial score (nSPS) is 10.9. The maximum Gasteiger partial charge on any atom is 0.302 e. The number of hydrogen-bond donors (Lipinski definition) is 3. The fourth-order valence-electron chi connectivity index (χ4n) is 1.75. The number of carbonyl (C=O) groups is 1. The molecular formula is C18H22ClF2N3O4. The highest BCUT2D eigenvalue weighted by atomic mass is 35.5. The van der Waals surface area contributed by atoms with E-state index in [2.05, 4.69) is 15.6 Å². The molecule has 2 aromatic carbocycles. The number of methoxy groups -OCH3 is 2. The van der Waals surface area contributed by atoms with Gasteiger partial charge in [-0.2, -0.15) is 0 Å². The number of esters is 1. The van der Waals surface area contributed by atoms with Gasteiger partial charge in [0, 0.05) is 19.1 Å². The van der Waals surface area contributed by atoms with E-state index in [0.29, 0.717) is 11.5 Å². The molecule has 10 heteroatoms. The number of anilines is 2. The van der Waals surface area contributed by atoms with E-state index < -0.39 is 23.1 Å². The highest BCUT2D eigenvalue weighted by Crippen LogP contribution is 2.19. The van der Waals surface area contributed by atoms with Crippen LogP contribution < -0.4 is 26.1 Å². The number of nitrogen functional groups attached to an aromatic ring is 1. The van der Waals surface area contributed by atoms with E-state index in [-0.39, 0.29) is 18.0 Å². The third-order valence-electron chi connectivity index (χ3n) is 3.18. The minimum absolute atomic E-state index is 0.0261. The van der Waals surface area contributed by atoms with Gasteiger partial charge in [-0.25, -0.2) is 14.2 Å². The van der Waals surface area contributed by atoms with Crippen LogP contribution in [0.25, 0.3) is 0 Å². The Balaban J connectivity index is 0.000000330. The van der Waals surface area contributed by atoms with E-state index in [1.54, 1.807) is 12.1 Å². The Morgan fingerprint density at radius 2 is 1.68 bits per heavy atom. The summed E-state index contributed by atoms with van der Waals surface area (Å²) in [6.07, 6.45) is 0. The first-order valence-corrected chi connectivity index (χ1v) is 8.42. The molecule has 154 valence electrons. The van der Waals surface area contributed by atoms with Gasteiger partial charge in [-0.3, -0.25) is 4.79 Å². The molecule has 2 aromatic rings. The standard InChI is InChI=1S/C11H14ClFN2O3.C7H8FNO/c1-7(16)18-6-11(12)15-14-10-4-3-8(17-2)5-9(10)13;1-10-5-2-3-7(9)6(8)4-5/h3-5,11,14-15H,6H2,1-2H3;2-4H,9H2,1H3. The summed E-state index contributed by atoms with van der Waals surface area (Å²) in [6.45, 7) is 1.25. The number of hydrazine groups is 1. The fraction of sp³-hybridized carbons (Fsp3) is 0.278. The van der Waals surface area contributed by atoms with Crippen molar-refractivity contribution in [3.05, 3.63) is 48.0 Å². The predicted molar refractivity (Wildman–Crippen MR) is 103 cm³/mol. The Morgan fingerprint density at radius 3 is 2.18 bits per heavy atom. The van der Waals surface area contributed by atoms with Crippen LogP contribution in [0.15, 0.2) is 36.4 Å². The van der Waals surface area contributed by atoms with Crippen LogP contribution in [0.3, 0.4) is 0 Å². The molecule has 0 saturated heterocycles. The van der Waals surface area contributed by atoms with Crippen molar-refractivity contribution >= 4 is 28.9 Å². The SMILES string of the molecule is COc1ccc(N)c(F)c1.COc1ccc(NNC(Cl)COC(C)=O)c(F)c1. The van der Waals surface area contributed by atoms with Gasteiger partial charge >= 0.3 is 5.97 Å². The second-order valence-electron chi connectivity index (χ2n) is 5.27. The predicted octanol–water partition coefficient (Wildman–Crippen LogP) is 3.30. The second-order valence-corrected chi connectivity index (χ2v) is 5.80. The molecular weight excluding hydrogens is 396 g/mol. The lowest BCUT2D eigenvalue weighted by Gasteiger charge is -2.14. The van der Waals surface area contributed by atoms with Crippen LogP contribution in [-0.4, -0.2) is 32.3 Å². The van der Waals surface area contributed by atoms with Gasteiger partial charge in [0.1, 0.15) is 29.4 Å². The largest absolute Gasteiger partial charge is 0.497 e. The van der Waals surface area contributed by atoms with Gasteiger partial charge in [-0.05, 0) is 24.3 Å². The van der Waals surface area contributed by atoms with E-state index in [0.717, 1.165) is 0 Å². The van der Waals surface area contributed by atoms with Crippen LogP contribution in [0.4, 0.5) is 20.2 Å². The number of ether oxygens (including phenoxy) is 3. The van der Waals surface area contributed by atoms with Crippen LogP contribution in [0.5, 0.6) is 11.5 Å². The number of alkyl halides is 1. The molecule has 0 heterocycles. The summed E-state index contributed by atoms with van der Waals surface area (Å²) in [6, 6.07) is 8.65. The van der Waals surface area contributed by atoms with Gasteiger partial charge in [0.25, 0.3) is 0 Å². The molecule has 0 radical (unpaired) electrons. The average Bonchev–Trinajstić information content (AvgIpc) is 2.67. The van der Waals surface area contributed by atoms with Crippen molar-refractivity contribution in [2.45, 2.75) is 12.4 Å². The molecule has 0 amide bonds. The first kappa shape index (κ1) is 23.3. The van der Waals surface area contributed by atoms with E-state index in [9.17, 15) is 13.6 Å². The third-order valence-corrected chi connectivity index (χ3v) is 3.42. The molecule has 1 unspecified atom stereocenters. The van der Waals surface area contributed by atoms with Gasteiger partial charge in [0.05, 0.1) is 25.6 Å². The zero-order valence-corrected chi connectivity index (χ0v) is 16.3. The molecule has 0 fully saturated rings. The Morgan fingerprint density at radius 1 is 1.11 bits per heavy atom. The van der Waals surface area contributed by atoms with Crippen molar-refractivity contribution in [2.24, 2.45) is 0 Å². The third kappa shape index (κ3) is 8.28. The molecule has 0 aliphatic rings. The molecule has 4 N–H and O–H groups in total. The molecule has 0 spiro atoms. The first-order chi connectivity index (χ1) is 13.3. The Kier molecular flexibility index (Phi) is 9.83. The molecule has 0 aliphatic carbocycles. The molecule has 28 heavy (non-hydrogen) atoms. The van der Waals surface area contributed by atoms with Gasteiger partial charge < -0.3 is 25.4 Å². The zero-order valence-electron chi connectivity index (χ0n) is 15.6. The number of nitrogens with two attached hydrogens (primary N) is 1. The summed E-state index contributed by atoms with van der Waals surface area (Å²) in [7, 11) is 2.93. The number of carbonyl (C=O) groups excluding carboxylic acids is 1. The minimum atomic E-state index is -0.671. The topological polar surface area (TPSA) is 94.8 Å². The molecule has 0 aromatic heterocycles. The van der Waals surface area contributed by atoms with Crippen molar-refractivity contribution in [1.29, 1.82) is 0 Å². The Hall–Kier alpha value is -2.78. The number of rotatable bonds is 7. The van der Waals surface area contributed by atoms with Crippen molar-refractivity contribution in [1.82, 2.24) is 5.43 Å². The van der Waals surface area contributed by atoms with E-state index in [4.69, 9.17) is 26.8 Å². The number of halogens is 3. The van der Waals surface area contributed by atoms with Crippen molar-refractivity contribution in [3.63, 3.8) is 0 Å². The number of hydrogen-bond acceptors (Lipinski definition) is 7. The van der Waals surface area contributed by atoms with Crippen LogP contribution in [0.2, 0.25) is 0 Å². The van der Waals surface area contributed by atoms with Crippen LogP contribution in [-0.2, 0) is 9.53 Å². The minimum Gasteiger partial charge on any atom is -0.497 e. The maximum absolute atomic E-state index is 13.5. The number of benzene rings is 2. The highest BCUT2D eigenvalue weighted by Gasteiger charge is 2.08. The highest BCUT2D eigenvalue weighted by molar-refractivity contribution is 6.20. The van der Waals surface area contributed by atoms with Crippen molar-refractivity contribution in [3.8, 4) is 11.5 Å². The molecule has 0 aliphatic heterocycles. The van der Waals surface area contributed by atoms with Crippen molar-refractivity contribution < 1.29 is 27.8 Å². The maximum atomic E-state index is 13.5. The Bertz CT molecular complexity index is 780. The first-order valence-electron chi connectivity index (χ1n) is 7.98. The smallest absolute Gasteiger partial charge is 0.302 e. The van der Waals surface area contributed by atoms with Crippen molar-refractivity contribution in [2.75, 3.05) is 32.0 Å². The fourth-order valence-corrected chi connectivity index (χ4v) is 1.86. The van der Waals surface area contributed by atoms with E-state index in [1.807, 2.05) is 0 Å². The van der Waals surface area contributed by atoms with Gasteiger partial charge in [-0.1, -0.05) is 0 Å². The lowest BCUT2D eigenvalue weighted by Crippen LogP contribution is -2.34. The average molecular weight is 418 g/mol. The van der Waals surface area contributed by atoms with Crippen LogP contribution in [0.1, 0.15) is 6.92 Å². The molecule has 2 rings (SSSR count). The summed E-state index contributed by atoms with van der Waals surface area (Å²) in [5.41, 5.74) is 10.1. The van der Waals surface area contributed by atoms with E-state index >= 15 is 0 Å². The summed E-state index contributed by atoms with van der Waals surface area (Å²) in [5, 5.41) is 0. The van der Waals surface area contributed by atoms with Gasteiger partial charge in [0.15, 0.2) is 5.82 Å². The number of nitrogens with one attached hydrogen (secondary N) is 2. The summed E-state index contributed by atoms with van der Waals surface area (Å²) in [4.78, 5) is 10.5. The lowest BCUT2D eigenvalue weighted by molar-refractivity contribution is -0.141.